The third kappa shape index (κ3) is 1.75. The van der Waals surface area contributed by atoms with E-state index in [0.717, 1.165) is 25.7 Å². The summed E-state index contributed by atoms with van der Waals surface area (Å²) in [4.78, 5) is 0. The van der Waals surface area contributed by atoms with E-state index >= 15 is 0 Å². The van der Waals surface area contributed by atoms with E-state index in [0.29, 0.717) is 0 Å². The molecule has 1 N–H and O–H groups in total. The molecule has 0 bridgehead atoms. The van der Waals surface area contributed by atoms with E-state index in [-0.39, 0.29) is 5.60 Å². The topological polar surface area (TPSA) is 20.2 Å². The molecule has 0 saturated heterocycles. The molecule has 1 aliphatic rings. The quantitative estimate of drug-likeness (QED) is 0.576. The minimum absolute atomic E-state index is 0.330. The predicted molar refractivity (Wildman–Crippen MR) is 41.5 cm³/mol. The Kier molecular flexibility index (Phi) is 2.34. The van der Waals surface area contributed by atoms with Gasteiger partial charge in [0.2, 0.25) is 0 Å². The lowest BCUT2D eigenvalue weighted by Gasteiger charge is -2.36. The van der Waals surface area contributed by atoms with Crippen LogP contribution in [0.15, 0.2) is 0 Å². The highest BCUT2D eigenvalue weighted by molar-refractivity contribution is 4.98. The molecule has 1 nitrogen and oxygen atoms in total. The summed E-state index contributed by atoms with van der Waals surface area (Å²) in [6, 6.07) is 0. The van der Waals surface area contributed by atoms with Crippen LogP contribution in [-0.2, 0) is 0 Å². The normalized spacial score (nSPS) is 20.6. The molecule has 56 valence electrons. The van der Waals surface area contributed by atoms with Crippen LogP contribution < -0.4 is 0 Å². The minimum Gasteiger partial charge on any atom is -0.390 e. The van der Waals surface area contributed by atoms with E-state index < -0.39 is 0 Å². The van der Waals surface area contributed by atoms with Gasteiger partial charge >= 0.3 is 0 Å². The molecular formula is C9H14O. The van der Waals surface area contributed by atoms with Crippen molar-refractivity contribution in [2.24, 2.45) is 0 Å². The second kappa shape index (κ2) is 3.07. The van der Waals surface area contributed by atoms with Gasteiger partial charge in [0, 0.05) is 6.42 Å². The van der Waals surface area contributed by atoms with Gasteiger partial charge in [0.15, 0.2) is 0 Å². The Morgan fingerprint density at radius 3 is 2.60 bits per heavy atom. The van der Waals surface area contributed by atoms with Gasteiger partial charge in [0.1, 0.15) is 0 Å². The molecule has 1 saturated carbocycles. The Bertz CT molecular complexity index is 157. The molecule has 0 radical (unpaired) electrons. The van der Waals surface area contributed by atoms with Crippen molar-refractivity contribution in [3.63, 3.8) is 0 Å². The van der Waals surface area contributed by atoms with E-state index in [1.165, 1.54) is 6.42 Å². The number of hydrogen-bond donors (Lipinski definition) is 1. The Morgan fingerprint density at radius 1 is 1.50 bits per heavy atom. The molecule has 0 aliphatic heterocycles. The fourth-order valence-corrected chi connectivity index (χ4v) is 1.26. The summed E-state index contributed by atoms with van der Waals surface area (Å²) < 4.78 is 0. The number of rotatable bonds is 2. The van der Waals surface area contributed by atoms with Crippen molar-refractivity contribution in [1.82, 2.24) is 0 Å². The Labute approximate surface area is 62.4 Å². The average Bonchev–Trinajstić information content (AvgIpc) is 1.85. The van der Waals surface area contributed by atoms with Gasteiger partial charge in [-0.2, -0.15) is 0 Å². The molecule has 1 heteroatoms. The van der Waals surface area contributed by atoms with Crippen molar-refractivity contribution in [2.45, 2.75) is 44.6 Å². The van der Waals surface area contributed by atoms with Crippen molar-refractivity contribution in [3.05, 3.63) is 0 Å². The molecule has 1 aliphatic carbocycles. The van der Waals surface area contributed by atoms with E-state index in [1.807, 2.05) is 6.92 Å². The minimum atomic E-state index is -0.330. The molecule has 0 atom stereocenters. The third-order valence-electron chi connectivity index (χ3n) is 2.18. The zero-order chi connectivity index (χ0) is 7.45. The summed E-state index contributed by atoms with van der Waals surface area (Å²) in [5.74, 6) is 5.79. The van der Waals surface area contributed by atoms with Gasteiger partial charge in [-0.25, -0.2) is 0 Å². The van der Waals surface area contributed by atoms with Gasteiger partial charge < -0.3 is 5.11 Å². The Morgan fingerprint density at radius 2 is 2.20 bits per heavy atom. The van der Waals surface area contributed by atoms with Crippen molar-refractivity contribution >= 4 is 0 Å². The van der Waals surface area contributed by atoms with Crippen LogP contribution in [0.4, 0.5) is 0 Å². The van der Waals surface area contributed by atoms with E-state index in [9.17, 15) is 5.11 Å². The van der Waals surface area contributed by atoms with Gasteiger partial charge in [0.25, 0.3) is 0 Å². The van der Waals surface area contributed by atoms with Crippen LogP contribution in [0.2, 0.25) is 0 Å². The van der Waals surface area contributed by atoms with Crippen molar-refractivity contribution in [3.8, 4) is 11.8 Å². The number of aliphatic hydroxyl groups is 1. The highest BCUT2D eigenvalue weighted by Gasteiger charge is 2.33. The van der Waals surface area contributed by atoms with Crippen LogP contribution in [0.5, 0.6) is 0 Å². The van der Waals surface area contributed by atoms with Crippen LogP contribution in [0.25, 0.3) is 0 Å². The summed E-state index contributed by atoms with van der Waals surface area (Å²) in [7, 11) is 0. The SMILES string of the molecule is CC#CCCC1(O)CCC1. The Balaban J connectivity index is 2.16. The zero-order valence-corrected chi connectivity index (χ0v) is 6.48. The van der Waals surface area contributed by atoms with Crippen LogP contribution in [0.1, 0.15) is 39.0 Å². The first-order valence-electron chi connectivity index (χ1n) is 3.89. The van der Waals surface area contributed by atoms with Crippen LogP contribution in [0, 0.1) is 11.8 Å². The monoisotopic (exact) mass is 138 g/mol. The van der Waals surface area contributed by atoms with Crippen LogP contribution in [0.3, 0.4) is 0 Å². The average molecular weight is 138 g/mol. The van der Waals surface area contributed by atoms with E-state index in [4.69, 9.17) is 0 Å². The van der Waals surface area contributed by atoms with Gasteiger partial charge in [-0.05, 0) is 32.6 Å². The first-order chi connectivity index (χ1) is 4.77. The van der Waals surface area contributed by atoms with Crippen molar-refractivity contribution in [2.75, 3.05) is 0 Å². The molecule has 0 aromatic rings. The van der Waals surface area contributed by atoms with Crippen molar-refractivity contribution in [1.29, 1.82) is 0 Å². The smallest absolute Gasteiger partial charge is 0.0657 e. The maximum atomic E-state index is 9.57. The predicted octanol–water partition coefficient (Wildman–Crippen LogP) is 1.70. The standard InChI is InChI=1S/C9H14O/c1-2-3-4-6-9(10)7-5-8-9/h10H,4-8H2,1H3. The molecule has 0 aromatic carbocycles. The highest BCUT2D eigenvalue weighted by atomic mass is 16.3. The van der Waals surface area contributed by atoms with Gasteiger partial charge in [-0.1, -0.05) is 0 Å². The van der Waals surface area contributed by atoms with E-state index in [1.54, 1.807) is 0 Å². The maximum Gasteiger partial charge on any atom is 0.0657 e. The molecule has 0 aromatic heterocycles. The zero-order valence-electron chi connectivity index (χ0n) is 6.48. The molecule has 1 fully saturated rings. The van der Waals surface area contributed by atoms with Crippen LogP contribution in [-0.4, -0.2) is 10.7 Å². The largest absolute Gasteiger partial charge is 0.390 e. The second-order valence-electron chi connectivity index (χ2n) is 3.00. The maximum absolute atomic E-state index is 9.57. The molecule has 0 spiro atoms. The lowest BCUT2D eigenvalue weighted by molar-refractivity contribution is -0.0388. The third-order valence-corrected chi connectivity index (χ3v) is 2.18. The lowest BCUT2D eigenvalue weighted by atomic mass is 9.77. The summed E-state index contributed by atoms with van der Waals surface area (Å²) in [6.45, 7) is 1.84. The van der Waals surface area contributed by atoms with Crippen LogP contribution >= 0.6 is 0 Å². The first-order valence-corrected chi connectivity index (χ1v) is 3.89. The molecule has 0 heterocycles. The first kappa shape index (κ1) is 7.63. The molecule has 0 amide bonds. The lowest BCUT2D eigenvalue weighted by Crippen LogP contribution is -2.36. The summed E-state index contributed by atoms with van der Waals surface area (Å²) in [6.07, 6.45) is 4.88. The summed E-state index contributed by atoms with van der Waals surface area (Å²) >= 11 is 0. The van der Waals surface area contributed by atoms with Gasteiger partial charge in [0.05, 0.1) is 5.60 Å². The molecule has 0 unspecified atom stereocenters. The molecule has 10 heavy (non-hydrogen) atoms. The highest BCUT2D eigenvalue weighted by Crippen LogP contribution is 2.35. The summed E-state index contributed by atoms with van der Waals surface area (Å²) in [5.41, 5.74) is -0.330. The second-order valence-corrected chi connectivity index (χ2v) is 3.00. The molecular weight excluding hydrogens is 124 g/mol. The number of hydrogen-bond acceptors (Lipinski definition) is 1. The summed E-state index contributed by atoms with van der Waals surface area (Å²) in [5, 5.41) is 9.57. The van der Waals surface area contributed by atoms with Crippen molar-refractivity contribution < 1.29 is 5.11 Å². The van der Waals surface area contributed by atoms with Gasteiger partial charge in [-0.3, -0.25) is 0 Å². The van der Waals surface area contributed by atoms with Gasteiger partial charge in [-0.15, -0.1) is 11.8 Å². The fourth-order valence-electron chi connectivity index (χ4n) is 1.26. The fraction of sp³-hybridized carbons (Fsp3) is 0.778. The van der Waals surface area contributed by atoms with E-state index in [2.05, 4.69) is 11.8 Å². The molecule has 1 rings (SSSR count). The Hall–Kier alpha value is -0.480.